The van der Waals surface area contributed by atoms with Gasteiger partial charge in [-0.1, -0.05) is 6.07 Å². The highest BCUT2D eigenvalue weighted by molar-refractivity contribution is 6.02. The first-order valence-electron chi connectivity index (χ1n) is 13.1. The average molecular weight is 597 g/mol. The number of aromatic hydroxyl groups is 3. The lowest BCUT2D eigenvalue weighted by atomic mass is 9.95. The summed E-state index contributed by atoms with van der Waals surface area (Å²) in [5.41, 5.74) is 0.234. The van der Waals surface area contributed by atoms with Crippen LogP contribution in [0.2, 0.25) is 0 Å². The van der Waals surface area contributed by atoms with E-state index in [-0.39, 0.29) is 29.2 Å². The van der Waals surface area contributed by atoms with Gasteiger partial charge in [-0.25, -0.2) is 0 Å². The summed E-state index contributed by atoms with van der Waals surface area (Å²) in [6.07, 6.45) is -16.5. The van der Waals surface area contributed by atoms with Gasteiger partial charge in [-0.3, -0.25) is 4.79 Å². The Labute approximate surface area is 238 Å². The molecule has 0 saturated carbocycles. The van der Waals surface area contributed by atoms with Gasteiger partial charge in [0.2, 0.25) is 6.29 Å². The smallest absolute Gasteiger partial charge is 0.229 e. The number of benzene rings is 2. The lowest BCUT2D eigenvalue weighted by Gasteiger charge is -2.45. The summed E-state index contributed by atoms with van der Waals surface area (Å²) in [6.45, 7) is 0.683. The van der Waals surface area contributed by atoms with Crippen LogP contribution in [-0.2, 0) is 14.2 Å². The number of Topliss-reactive ketones (excluding diaryl/α,β-unsaturated/α-hetero) is 1. The predicted octanol–water partition coefficient (Wildman–Crippen LogP) is -1.46. The van der Waals surface area contributed by atoms with Crippen molar-refractivity contribution < 1.29 is 74.4 Å². The second kappa shape index (κ2) is 11.8. The highest BCUT2D eigenvalue weighted by Crippen LogP contribution is 2.43. The molecule has 0 aliphatic carbocycles. The van der Waals surface area contributed by atoms with Gasteiger partial charge < -0.3 is 69.6 Å². The van der Waals surface area contributed by atoms with Gasteiger partial charge in [-0.05, 0) is 24.6 Å². The first-order valence-corrected chi connectivity index (χ1v) is 13.1. The van der Waals surface area contributed by atoms with E-state index >= 15 is 0 Å². The third-order valence-corrected chi connectivity index (χ3v) is 7.52. The number of aliphatic hydroxyl groups excluding tert-OH is 6. The fourth-order valence-corrected chi connectivity index (χ4v) is 5.12. The zero-order chi connectivity index (χ0) is 30.5. The van der Waals surface area contributed by atoms with Crippen molar-refractivity contribution in [2.75, 3.05) is 6.61 Å². The highest BCUT2D eigenvalue weighted by atomic mass is 16.8. The van der Waals surface area contributed by atoms with Crippen molar-refractivity contribution in [2.45, 2.75) is 80.9 Å². The van der Waals surface area contributed by atoms with Gasteiger partial charge in [-0.2, -0.15) is 0 Å². The molecule has 1 unspecified atom stereocenters. The molecule has 0 spiro atoms. The van der Waals surface area contributed by atoms with Crippen LogP contribution in [0.15, 0.2) is 30.3 Å². The van der Waals surface area contributed by atoms with Crippen molar-refractivity contribution in [2.24, 2.45) is 0 Å². The number of rotatable bonds is 6. The van der Waals surface area contributed by atoms with Crippen molar-refractivity contribution in [3.63, 3.8) is 0 Å². The van der Waals surface area contributed by atoms with Gasteiger partial charge in [-0.15, -0.1) is 0 Å². The summed E-state index contributed by atoms with van der Waals surface area (Å²) in [6, 6.07) is 6.25. The molecule has 11 atom stereocenters. The molecule has 15 nitrogen and oxygen atoms in total. The largest absolute Gasteiger partial charge is 0.507 e. The van der Waals surface area contributed by atoms with Crippen molar-refractivity contribution in [3.8, 4) is 28.7 Å². The Morgan fingerprint density at radius 2 is 1.57 bits per heavy atom. The Hall–Kier alpha value is -3.25. The molecular formula is C27H32O15. The summed E-state index contributed by atoms with van der Waals surface area (Å²) in [5.74, 6) is -2.02. The third kappa shape index (κ3) is 5.58. The van der Waals surface area contributed by atoms with Crippen molar-refractivity contribution >= 4 is 5.78 Å². The molecule has 2 saturated heterocycles. The molecule has 2 fully saturated rings. The average Bonchev–Trinajstić information content (AvgIpc) is 2.95. The van der Waals surface area contributed by atoms with Gasteiger partial charge in [0.05, 0.1) is 19.1 Å². The number of fused-ring (bicyclic) bond motifs is 1. The Balaban J connectivity index is 1.42. The van der Waals surface area contributed by atoms with Crippen molar-refractivity contribution in [3.05, 3.63) is 41.5 Å². The predicted molar refractivity (Wildman–Crippen MR) is 136 cm³/mol. The van der Waals surface area contributed by atoms with Crippen LogP contribution in [0, 0.1) is 0 Å². The molecule has 2 aromatic carbocycles. The number of hydrogen-bond acceptors (Lipinski definition) is 15. The Morgan fingerprint density at radius 1 is 0.833 bits per heavy atom. The number of phenols is 3. The van der Waals surface area contributed by atoms with E-state index in [0.717, 1.165) is 6.07 Å². The van der Waals surface area contributed by atoms with E-state index in [2.05, 4.69) is 0 Å². The van der Waals surface area contributed by atoms with E-state index in [1.807, 2.05) is 0 Å². The fraction of sp³-hybridized carbons (Fsp3) is 0.519. The van der Waals surface area contributed by atoms with Crippen LogP contribution in [0.4, 0.5) is 0 Å². The Kier molecular flexibility index (Phi) is 8.48. The van der Waals surface area contributed by atoms with Gasteiger partial charge in [0, 0.05) is 12.1 Å². The summed E-state index contributed by atoms with van der Waals surface area (Å²) < 4.78 is 28.4. The molecule has 3 heterocycles. The maximum atomic E-state index is 12.9. The van der Waals surface area contributed by atoms with Gasteiger partial charge in [0.15, 0.2) is 29.7 Å². The second-order valence-corrected chi connectivity index (χ2v) is 10.4. The Morgan fingerprint density at radius 3 is 2.26 bits per heavy atom. The van der Waals surface area contributed by atoms with Gasteiger partial charge in [0.25, 0.3) is 0 Å². The summed E-state index contributed by atoms with van der Waals surface area (Å²) in [7, 11) is 0. The Bertz CT molecular complexity index is 1300. The SMILES string of the molecule is C[C@@H]1O[C@@H](O[C@H]2[C@H](Oc3cc(O)c4c(c3)OC(c3ccc(O)c(O)c3)CC4=O)O[C@H](CO)[C@@H](O)[C@@H]2O)[C@H](O)[C@H](O)[C@H]1O. The molecule has 5 rings (SSSR count). The van der Waals surface area contributed by atoms with Gasteiger partial charge >= 0.3 is 0 Å². The molecular weight excluding hydrogens is 564 g/mol. The molecule has 0 aromatic heterocycles. The van der Waals surface area contributed by atoms with Crippen molar-refractivity contribution in [1.82, 2.24) is 0 Å². The highest BCUT2D eigenvalue weighted by Gasteiger charge is 2.51. The molecule has 230 valence electrons. The number of phenolic OH excluding ortho intramolecular Hbond substituents is 3. The van der Waals surface area contributed by atoms with E-state index in [0.29, 0.717) is 5.56 Å². The number of ketones is 1. The van der Waals surface area contributed by atoms with Crippen LogP contribution in [0.5, 0.6) is 28.7 Å². The van der Waals surface area contributed by atoms with Crippen LogP contribution >= 0.6 is 0 Å². The monoisotopic (exact) mass is 596 g/mol. The van der Waals surface area contributed by atoms with E-state index in [4.69, 9.17) is 23.7 Å². The minimum atomic E-state index is -1.77. The molecule has 0 amide bonds. The fourth-order valence-electron chi connectivity index (χ4n) is 5.12. The standard InChI is InChI=1S/C27H32O15/c1-9-20(33)22(35)24(37)26(38-9)42-25-23(36)21(34)18(8-28)41-27(25)39-11-5-14(31)19-15(32)7-16(40-17(19)6-11)10-2-3-12(29)13(30)4-10/h2-6,9,16,18,20-31,33-37H,7-8H2,1H3/t9-,16?,18+,20-,21+,22+,23-,24+,25+,26-,27+/m0/s1. The van der Waals surface area contributed by atoms with Crippen LogP contribution in [0.3, 0.4) is 0 Å². The minimum Gasteiger partial charge on any atom is -0.507 e. The summed E-state index contributed by atoms with van der Waals surface area (Å²) in [5, 5.41) is 91.6. The number of carbonyl (C=O) groups is 1. The first kappa shape index (κ1) is 30.2. The lowest BCUT2D eigenvalue weighted by Crippen LogP contribution is -2.64. The number of ether oxygens (including phenoxy) is 5. The lowest BCUT2D eigenvalue weighted by molar-refractivity contribution is -0.354. The molecule has 9 N–H and O–H groups in total. The normalized spacial score (nSPS) is 36.6. The minimum absolute atomic E-state index is 0.0941. The van der Waals surface area contributed by atoms with Crippen molar-refractivity contribution in [1.29, 1.82) is 0 Å². The zero-order valence-electron chi connectivity index (χ0n) is 22.1. The second-order valence-electron chi connectivity index (χ2n) is 10.4. The van der Waals surface area contributed by atoms with Crippen LogP contribution in [0.25, 0.3) is 0 Å². The topological polar surface area (TPSA) is 245 Å². The van der Waals surface area contributed by atoms with E-state index in [9.17, 15) is 50.8 Å². The molecule has 3 aliphatic heterocycles. The number of aliphatic hydroxyl groups is 6. The summed E-state index contributed by atoms with van der Waals surface area (Å²) in [4.78, 5) is 12.9. The summed E-state index contributed by atoms with van der Waals surface area (Å²) >= 11 is 0. The van der Waals surface area contributed by atoms with Crippen LogP contribution in [-0.4, -0.2) is 120 Å². The zero-order valence-corrected chi connectivity index (χ0v) is 22.1. The number of carbonyl (C=O) groups excluding carboxylic acids is 1. The molecule has 0 radical (unpaired) electrons. The first-order chi connectivity index (χ1) is 19.9. The molecule has 0 bridgehead atoms. The van der Waals surface area contributed by atoms with Gasteiger partial charge in [0.1, 0.15) is 65.5 Å². The quantitative estimate of drug-likeness (QED) is 0.173. The third-order valence-electron chi connectivity index (χ3n) is 7.52. The molecule has 15 heteroatoms. The van der Waals surface area contributed by atoms with E-state index < -0.39 is 91.4 Å². The number of hydrogen-bond donors (Lipinski definition) is 9. The molecule has 42 heavy (non-hydrogen) atoms. The molecule has 3 aliphatic rings. The van der Waals surface area contributed by atoms with Crippen LogP contribution < -0.4 is 9.47 Å². The molecule has 2 aromatic rings. The maximum absolute atomic E-state index is 12.9. The maximum Gasteiger partial charge on any atom is 0.229 e. The van der Waals surface area contributed by atoms with E-state index in [1.54, 1.807) is 0 Å². The van der Waals surface area contributed by atoms with Crippen LogP contribution in [0.1, 0.15) is 35.4 Å². The van der Waals surface area contributed by atoms with E-state index in [1.165, 1.54) is 31.2 Å².